The summed E-state index contributed by atoms with van der Waals surface area (Å²) in [5, 5.41) is 1.35. The van der Waals surface area contributed by atoms with Crippen LogP contribution in [0.4, 0.5) is 0 Å². The van der Waals surface area contributed by atoms with E-state index in [1.807, 2.05) is 0 Å². The molecule has 2 atom stereocenters. The smallest absolute Gasteiger partial charge is 0.119 e. The van der Waals surface area contributed by atoms with Crippen LogP contribution in [0.3, 0.4) is 0 Å². The zero-order valence-electron chi connectivity index (χ0n) is 14.6. The summed E-state index contributed by atoms with van der Waals surface area (Å²) in [6, 6.07) is 6.96. The van der Waals surface area contributed by atoms with Crippen molar-refractivity contribution in [2.24, 2.45) is 0 Å². The number of H-pyrrole nitrogens is 1. The van der Waals surface area contributed by atoms with Crippen molar-refractivity contribution in [2.45, 2.75) is 25.0 Å². The monoisotopic (exact) mass is 326 g/mol. The van der Waals surface area contributed by atoms with E-state index < -0.39 is 0 Å². The molecule has 0 spiro atoms. The molecule has 24 heavy (non-hydrogen) atoms. The van der Waals surface area contributed by atoms with Crippen molar-refractivity contribution < 1.29 is 4.74 Å². The molecule has 0 unspecified atom stereocenters. The minimum atomic E-state index is 0.542. The molecule has 3 aliphatic heterocycles. The Balaban J connectivity index is 1.54. The van der Waals surface area contributed by atoms with Crippen molar-refractivity contribution in [1.29, 1.82) is 0 Å². The SMILES string of the molecule is COc1ccc2[nH]c3c(c2c1)CCN1[C@H]3CCN2CCN(C)C[C@@H]21. The molecule has 0 saturated carbocycles. The molecule has 2 saturated heterocycles. The van der Waals surface area contributed by atoms with Crippen molar-refractivity contribution in [1.82, 2.24) is 19.7 Å². The Hall–Kier alpha value is -1.56. The Labute approximate surface area is 143 Å². The zero-order valence-corrected chi connectivity index (χ0v) is 14.6. The van der Waals surface area contributed by atoms with Crippen molar-refractivity contribution in [3.63, 3.8) is 0 Å². The second kappa shape index (κ2) is 5.48. The predicted octanol–water partition coefficient (Wildman–Crippen LogP) is 2.05. The number of benzene rings is 1. The summed E-state index contributed by atoms with van der Waals surface area (Å²) in [5.41, 5.74) is 4.23. The van der Waals surface area contributed by atoms with Crippen molar-refractivity contribution in [2.75, 3.05) is 46.9 Å². The topological polar surface area (TPSA) is 34.7 Å². The number of piperazine rings is 1. The molecule has 1 aromatic carbocycles. The maximum Gasteiger partial charge on any atom is 0.119 e. The first-order valence-electron chi connectivity index (χ1n) is 9.11. The lowest BCUT2D eigenvalue weighted by atomic mass is 9.92. The van der Waals surface area contributed by atoms with Gasteiger partial charge in [-0.2, -0.15) is 0 Å². The third-order valence-corrected chi connectivity index (χ3v) is 6.24. The van der Waals surface area contributed by atoms with Crippen LogP contribution in [-0.4, -0.2) is 72.7 Å². The Bertz CT molecular complexity index is 770. The number of hydrogen-bond donors (Lipinski definition) is 1. The van der Waals surface area contributed by atoms with Crippen LogP contribution in [0.5, 0.6) is 5.75 Å². The van der Waals surface area contributed by atoms with Crippen LogP contribution in [0.1, 0.15) is 23.7 Å². The number of fused-ring (bicyclic) bond motifs is 7. The van der Waals surface area contributed by atoms with Gasteiger partial charge in [0.15, 0.2) is 0 Å². The van der Waals surface area contributed by atoms with E-state index in [1.54, 1.807) is 7.11 Å². The van der Waals surface area contributed by atoms with E-state index in [0.717, 1.165) is 18.7 Å². The van der Waals surface area contributed by atoms with Gasteiger partial charge in [0.25, 0.3) is 0 Å². The number of aromatic amines is 1. The lowest BCUT2D eigenvalue weighted by Gasteiger charge is -2.53. The second-order valence-corrected chi connectivity index (χ2v) is 7.50. The summed E-state index contributed by atoms with van der Waals surface area (Å²) in [7, 11) is 4.00. The van der Waals surface area contributed by atoms with Gasteiger partial charge >= 0.3 is 0 Å². The molecule has 0 amide bonds. The lowest BCUT2D eigenvalue weighted by Crippen LogP contribution is -2.64. The molecule has 2 fully saturated rings. The first-order valence-corrected chi connectivity index (χ1v) is 9.11. The van der Waals surface area contributed by atoms with Gasteiger partial charge in [-0.25, -0.2) is 0 Å². The number of aromatic nitrogens is 1. The molecular formula is C19H26N4O. The molecule has 3 aliphatic rings. The summed E-state index contributed by atoms with van der Waals surface area (Å²) in [4.78, 5) is 11.7. The molecular weight excluding hydrogens is 300 g/mol. The van der Waals surface area contributed by atoms with Crippen LogP contribution in [-0.2, 0) is 6.42 Å². The van der Waals surface area contributed by atoms with Crippen molar-refractivity contribution >= 4 is 10.9 Å². The maximum atomic E-state index is 5.44. The molecule has 5 heteroatoms. The van der Waals surface area contributed by atoms with E-state index in [1.165, 1.54) is 54.8 Å². The number of hydrogen-bond acceptors (Lipinski definition) is 4. The summed E-state index contributed by atoms with van der Waals surface area (Å²) >= 11 is 0. The highest BCUT2D eigenvalue weighted by Gasteiger charge is 2.42. The summed E-state index contributed by atoms with van der Waals surface area (Å²) in [6.07, 6.45) is 2.95. The van der Waals surface area contributed by atoms with E-state index >= 15 is 0 Å². The van der Waals surface area contributed by atoms with Crippen LogP contribution >= 0.6 is 0 Å². The predicted molar refractivity (Wildman–Crippen MR) is 95.5 cm³/mol. The van der Waals surface area contributed by atoms with E-state index in [4.69, 9.17) is 4.74 Å². The quantitative estimate of drug-likeness (QED) is 0.870. The third-order valence-electron chi connectivity index (χ3n) is 6.24. The van der Waals surface area contributed by atoms with Gasteiger partial charge in [-0.15, -0.1) is 0 Å². The Morgan fingerprint density at radius 3 is 2.96 bits per heavy atom. The zero-order chi connectivity index (χ0) is 16.3. The fourth-order valence-corrected chi connectivity index (χ4v) is 4.96. The van der Waals surface area contributed by atoms with Gasteiger partial charge in [0, 0.05) is 49.3 Å². The highest BCUT2D eigenvalue weighted by Crippen LogP contribution is 2.41. The van der Waals surface area contributed by atoms with Crippen LogP contribution in [0.2, 0.25) is 0 Å². The van der Waals surface area contributed by atoms with E-state index in [9.17, 15) is 0 Å². The van der Waals surface area contributed by atoms with Gasteiger partial charge in [-0.1, -0.05) is 0 Å². The lowest BCUT2D eigenvalue weighted by molar-refractivity contribution is -0.0772. The molecule has 4 heterocycles. The highest BCUT2D eigenvalue weighted by molar-refractivity contribution is 5.86. The van der Waals surface area contributed by atoms with Gasteiger partial charge in [0.1, 0.15) is 5.75 Å². The molecule has 1 aromatic heterocycles. The summed E-state index contributed by atoms with van der Waals surface area (Å²) < 4.78 is 5.44. The number of nitrogens with zero attached hydrogens (tertiary/aromatic N) is 3. The molecule has 0 aliphatic carbocycles. The average Bonchev–Trinajstić information content (AvgIpc) is 2.99. The number of rotatable bonds is 1. The molecule has 0 radical (unpaired) electrons. The fraction of sp³-hybridized carbons (Fsp3) is 0.579. The third kappa shape index (κ3) is 2.11. The van der Waals surface area contributed by atoms with Gasteiger partial charge in [-0.3, -0.25) is 9.80 Å². The fourth-order valence-electron chi connectivity index (χ4n) is 4.96. The van der Waals surface area contributed by atoms with Crippen molar-refractivity contribution in [3.05, 3.63) is 29.5 Å². The second-order valence-electron chi connectivity index (χ2n) is 7.50. The Morgan fingerprint density at radius 2 is 2.08 bits per heavy atom. The molecule has 5 nitrogen and oxygen atoms in total. The van der Waals surface area contributed by atoms with Crippen LogP contribution in [0, 0.1) is 0 Å². The minimum Gasteiger partial charge on any atom is -0.497 e. The Morgan fingerprint density at radius 1 is 1.17 bits per heavy atom. The van der Waals surface area contributed by atoms with Crippen LogP contribution in [0.15, 0.2) is 18.2 Å². The first-order chi connectivity index (χ1) is 11.7. The average molecular weight is 326 g/mol. The van der Waals surface area contributed by atoms with Gasteiger partial charge in [0.05, 0.1) is 19.3 Å². The molecule has 1 N–H and O–H groups in total. The van der Waals surface area contributed by atoms with E-state index in [2.05, 4.69) is 44.9 Å². The molecule has 2 aromatic rings. The molecule has 128 valence electrons. The molecule has 0 bridgehead atoms. The number of nitrogens with one attached hydrogen (secondary N) is 1. The largest absolute Gasteiger partial charge is 0.497 e. The van der Waals surface area contributed by atoms with Gasteiger partial charge < -0.3 is 14.6 Å². The van der Waals surface area contributed by atoms with Gasteiger partial charge in [-0.05, 0) is 43.7 Å². The Kier molecular flexibility index (Phi) is 3.37. The summed E-state index contributed by atoms with van der Waals surface area (Å²) in [6.45, 7) is 5.96. The van der Waals surface area contributed by atoms with E-state index in [0.29, 0.717) is 12.2 Å². The van der Waals surface area contributed by atoms with E-state index in [-0.39, 0.29) is 0 Å². The molecule has 5 rings (SSSR count). The van der Waals surface area contributed by atoms with Crippen LogP contribution < -0.4 is 4.74 Å². The first kappa shape index (κ1) is 14.8. The van der Waals surface area contributed by atoms with Gasteiger partial charge in [0.2, 0.25) is 0 Å². The summed E-state index contributed by atoms with van der Waals surface area (Å²) in [5.74, 6) is 0.954. The van der Waals surface area contributed by atoms with Crippen molar-refractivity contribution in [3.8, 4) is 5.75 Å². The number of methoxy groups -OCH3 is 1. The standard InChI is InChI=1S/C19H26N4O/c1-21-9-10-22-7-6-17-19-14(5-8-23(17)18(22)12-21)15-11-13(24-2)3-4-16(15)20-19/h3-4,11,17-18,20H,5-10,12H2,1-2H3/t17-,18-/m0/s1. The maximum absolute atomic E-state index is 5.44. The van der Waals surface area contributed by atoms with Crippen LogP contribution in [0.25, 0.3) is 10.9 Å². The number of likely N-dealkylation sites (N-methyl/N-ethyl adjacent to an activating group) is 1. The number of ether oxygens (including phenoxy) is 1. The normalized spacial score (nSPS) is 28.4. The highest BCUT2D eigenvalue weighted by atomic mass is 16.5. The minimum absolute atomic E-state index is 0.542.